The molecule has 0 aliphatic heterocycles. The maximum atomic E-state index is 4.66. The fourth-order valence-corrected chi connectivity index (χ4v) is 3.91. The zero-order chi connectivity index (χ0) is 14.0. The molecule has 1 fully saturated rings. The van der Waals surface area contributed by atoms with E-state index >= 15 is 0 Å². The predicted molar refractivity (Wildman–Crippen MR) is 104 cm³/mol. The Kier molecular flexibility index (Phi) is 10.5. The number of halogens is 1. The van der Waals surface area contributed by atoms with E-state index in [0.29, 0.717) is 6.04 Å². The summed E-state index contributed by atoms with van der Waals surface area (Å²) in [7, 11) is 0. The van der Waals surface area contributed by atoms with Crippen LogP contribution in [0.1, 0.15) is 39.0 Å². The summed E-state index contributed by atoms with van der Waals surface area (Å²) >= 11 is 3.53. The average Bonchev–Trinajstić information content (AvgIpc) is 3.11. The van der Waals surface area contributed by atoms with Gasteiger partial charge in [0.2, 0.25) is 0 Å². The maximum Gasteiger partial charge on any atom is 0.191 e. The SMILES string of the molecule is CCNC(=NCCCSc1nccs1)NC1CCCC1.I. The van der Waals surface area contributed by atoms with Gasteiger partial charge in [-0.1, -0.05) is 24.6 Å². The second-order valence-electron chi connectivity index (χ2n) is 4.89. The van der Waals surface area contributed by atoms with Crippen LogP contribution in [0.3, 0.4) is 0 Å². The van der Waals surface area contributed by atoms with E-state index in [1.165, 1.54) is 25.7 Å². The molecule has 0 bridgehead atoms. The maximum absolute atomic E-state index is 4.66. The van der Waals surface area contributed by atoms with Crippen molar-refractivity contribution in [1.29, 1.82) is 0 Å². The van der Waals surface area contributed by atoms with Crippen LogP contribution < -0.4 is 10.6 Å². The molecule has 0 aromatic carbocycles. The van der Waals surface area contributed by atoms with E-state index in [-0.39, 0.29) is 24.0 Å². The molecule has 0 atom stereocenters. The zero-order valence-electron chi connectivity index (χ0n) is 12.5. The van der Waals surface area contributed by atoms with Crippen LogP contribution in [0, 0.1) is 0 Å². The van der Waals surface area contributed by atoms with Gasteiger partial charge in [0.05, 0.1) is 0 Å². The van der Waals surface area contributed by atoms with Crippen molar-refractivity contribution in [2.45, 2.75) is 49.4 Å². The Morgan fingerprint density at radius 1 is 1.48 bits per heavy atom. The van der Waals surface area contributed by atoms with Crippen molar-refractivity contribution in [3.63, 3.8) is 0 Å². The molecule has 1 aliphatic carbocycles. The summed E-state index contributed by atoms with van der Waals surface area (Å²) in [5, 5.41) is 8.90. The highest BCUT2D eigenvalue weighted by molar-refractivity contribution is 14.0. The summed E-state index contributed by atoms with van der Waals surface area (Å²) in [4.78, 5) is 8.93. The van der Waals surface area contributed by atoms with Crippen molar-refractivity contribution in [3.8, 4) is 0 Å². The lowest BCUT2D eigenvalue weighted by atomic mass is 10.2. The van der Waals surface area contributed by atoms with Crippen LogP contribution in [0.5, 0.6) is 0 Å². The number of aliphatic imine (C=N–C) groups is 1. The molecule has 0 spiro atoms. The van der Waals surface area contributed by atoms with Crippen LogP contribution in [0.4, 0.5) is 0 Å². The highest BCUT2D eigenvalue weighted by Crippen LogP contribution is 2.20. The number of guanidine groups is 1. The monoisotopic (exact) mass is 440 g/mol. The third kappa shape index (κ3) is 7.69. The first kappa shape index (κ1) is 19.0. The first-order valence-corrected chi connectivity index (χ1v) is 9.32. The number of nitrogens with zero attached hydrogens (tertiary/aromatic N) is 2. The number of thioether (sulfide) groups is 1. The Hall–Kier alpha value is -0.0200. The lowest BCUT2D eigenvalue weighted by molar-refractivity contribution is 0.613. The largest absolute Gasteiger partial charge is 0.357 e. The second-order valence-corrected chi connectivity index (χ2v) is 7.12. The second kappa shape index (κ2) is 11.5. The van der Waals surface area contributed by atoms with Crippen molar-refractivity contribution >= 4 is 53.0 Å². The third-order valence-corrected chi connectivity index (χ3v) is 5.30. The molecule has 0 unspecified atom stereocenters. The highest BCUT2D eigenvalue weighted by atomic mass is 127. The van der Waals surface area contributed by atoms with E-state index in [2.05, 4.69) is 27.5 Å². The zero-order valence-corrected chi connectivity index (χ0v) is 16.5. The summed E-state index contributed by atoms with van der Waals surface area (Å²) in [6, 6.07) is 0.623. The van der Waals surface area contributed by atoms with Gasteiger partial charge < -0.3 is 10.6 Å². The van der Waals surface area contributed by atoms with E-state index < -0.39 is 0 Å². The molecule has 0 radical (unpaired) electrons. The number of nitrogens with one attached hydrogen (secondary N) is 2. The molecule has 7 heteroatoms. The van der Waals surface area contributed by atoms with Gasteiger partial charge in [0, 0.05) is 36.5 Å². The van der Waals surface area contributed by atoms with Crippen molar-refractivity contribution in [3.05, 3.63) is 11.6 Å². The van der Waals surface area contributed by atoms with Gasteiger partial charge in [-0.05, 0) is 26.2 Å². The van der Waals surface area contributed by atoms with Crippen LogP contribution in [0.25, 0.3) is 0 Å². The van der Waals surface area contributed by atoms with E-state index in [9.17, 15) is 0 Å². The molecular formula is C14H25IN4S2. The Bertz CT molecular complexity index is 392. The Morgan fingerprint density at radius 3 is 2.95 bits per heavy atom. The van der Waals surface area contributed by atoms with Crippen LogP contribution in [0.2, 0.25) is 0 Å². The Morgan fingerprint density at radius 2 is 2.29 bits per heavy atom. The molecule has 21 heavy (non-hydrogen) atoms. The van der Waals surface area contributed by atoms with Crippen molar-refractivity contribution in [2.24, 2.45) is 4.99 Å². The van der Waals surface area contributed by atoms with Crippen molar-refractivity contribution < 1.29 is 0 Å². The minimum Gasteiger partial charge on any atom is -0.357 e. The van der Waals surface area contributed by atoms with Gasteiger partial charge in [-0.2, -0.15) is 0 Å². The standard InChI is InChI=1S/C14H24N4S2.HI/c1-2-15-13(18-12-6-3-4-7-12)16-8-5-10-19-14-17-9-11-20-14;/h9,11-12H,2-8,10H2,1H3,(H2,15,16,18);1H. The molecule has 1 aliphatic rings. The van der Waals surface area contributed by atoms with E-state index in [1.54, 1.807) is 11.3 Å². The fourth-order valence-electron chi connectivity index (χ4n) is 2.28. The number of aromatic nitrogens is 1. The molecule has 1 saturated carbocycles. The first-order chi connectivity index (χ1) is 9.88. The molecule has 1 heterocycles. The molecule has 1 aromatic rings. The molecular weight excluding hydrogens is 415 g/mol. The minimum absolute atomic E-state index is 0. The lowest BCUT2D eigenvalue weighted by Crippen LogP contribution is -2.42. The predicted octanol–water partition coefficient (Wildman–Crippen LogP) is 3.74. The third-order valence-electron chi connectivity index (χ3n) is 3.25. The van der Waals surface area contributed by atoms with Gasteiger partial charge >= 0.3 is 0 Å². The fraction of sp³-hybridized carbons (Fsp3) is 0.714. The number of thiazole rings is 1. The molecule has 120 valence electrons. The number of rotatable bonds is 7. The van der Waals surface area contributed by atoms with Gasteiger partial charge in [-0.15, -0.1) is 35.3 Å². The number of hydrogen-bond donors (Lipinski definition) is 2. The molecule has 0 saturated heterocycles. The summed E-state index contributed by atoms with van der Waals surface area (Å²) < 4.78 is 1.16. The first-order valence-electron chi connectivity index (χ1n) is 7.45. The number of hydrogen-bond acceptors (Lipinski definition) is 4. The van der Waals surface area contributed by atoms with Crippen molar-refractivity contribution in [1.82, 2.24) is 15.6 Å². The minimum atomic E-state index is 0. The normalized spacial score (nSPS) is 15.8. The molecule has 4 nitrogen and oxygen atoms in total. The van der Waals surface area contributed by atoms with E-state index in [0.717, 1.165) is 35.6 Å². The Balaban J connectivity index is 0.00000220. The molecule has 2 N–H and O–H groups in total. The van der Waals surface area contributed by atoms with Gasteiger partial charge in [0.1, 0.15) is 4.34 Å². The van der Waals surface area contributed by atoms with Crippen LogP contribution in [-0.4, -0.2) is 35.8 Å². The lowest BCUT2D eigenvalue weighted by Gasteiger charge is -2.16. The topological polar surface area (TPSA) is 49.3 Å². The van der Waals surface area contributed by atoms with Crippen LogP contribution >= 0.6 is 47.1 Å². The van der Waals surface area contributed by atoms with E-state index in [4.69, 9.17) is 0 Å². The van der Waals surface area contributed by atoms with Crippen LogP contribution in [-0.2, 0) is 0 Å². The summed E-state index contributed by atoms with van der Waals surface area (Å²) in [6.45, 7) is 3.91. The quantitative estimate of drug-likeness (QED) is 0.223. The van der Waals surface area contributed by atoms with Gasteiger partial charge in [0.25, 0.3) is 0 Å². The molecule has 1 aromatic heterocycles. The summed E-state index contributed by atoms with van der Waals surface area (Å²) in [5.41, 5.74) is 0. The van der Waals surface area contributed by atoms with Crippen molar-refractivity contribution in [2.75, 3.05) is 18.8 Å². The average molecular weight is 440 g/mol. The van der Waals surface area contributed by atoms with E-state index in [1.807, 2.05) is 23.3 Å². The highest BCUT2D eigenvalue weighted by Gasteiger charge is 2.15. The van der Waals surface area contributed by atoms with Gasteiger partial charge in [-0.25, -0.2) is 4.98 Å². The smallest absolute Gasteiger partial charge is 0.191 e. The summed E-state index contributed by atoms with van der Waals surface area (Å²) in [6.07, 6.45) is 8.21. The van der Waals surface area contributed by atoms with Gasteiger partial charge in [-0.3, -0.25) is 4.99 Å². The summed E-state index contributed by atoms with van der Waals surface area (Å²) in [5.74, 6) is 2.07. The molecule has 0 amide bonds. The van der Waals surface area contributed by atoms with Gasteiger partial charge in [0.15, 0.2) is 5.96 Å². The van der Waals surface area contributed by atoms with Crippen LogP contribution in [0.15, 0.2) is 20.9 Å². The Labute approximate surface area is 153 Å². The molecule has 2 rings (SSSR count).